The lowest BCUT2D eigenvalue weighted by Crippen LogP contribution is -2.08. The Balaban J connectivity index is 2.00. The molecule has 2 aromatic carbocycles. The fraction of sp³-hybridized carbons (Fsp3) is 0.316. The molecule has 0 saturated carbocycles. The summed E-state index contributed by atoms with van der Waals surface area (Å²) >= 11 is 2.49. The molecular weight excluding hydrogens is 383 g/mol. The molecule has 2 aromatic rings. The second kappa shape index (κ2) is 9.62. The third kappa shape index (κ3) is 5.79. The highest BCUT2D eigenvalue weighted by Crippen LogP contribution is 2.25. The molecule has 1 unspecified atom stereocenters. The molecule has 3 heteroatoms. The van der Waals surface area contributed by atoms with Crippen LogP contribution in [0.15, 0.2) is 65.8 Å². The van der Waals surface area contributed by atoms with E-state index in [9.17, 15) is 0 Å². The Morgan fingerprint density at radius 3 is 2.00 bits per heavy atom. The fourth-order valence-electron chi connectivity index (χ4n) is 2.22. The second-order valence-electron chi connectivity index (χ2n) is 5.35. The molecule has 116 valence electrons. The molecule has 0 fully saturated rings. The van der Waals surface area contributed by atoms with Crippen molar-refractivity contribution < 1.29 is 0 Å². The van der Waals surface area contributed by atoms with Gasteiger partial charge in [-0.15, -0.1) is 0 Å². The molecule has 0 N–H and O–H groups in total. The van der Waals surface area contributed by atoms with E-state index in [0.717, 1.165) is 21.7 Å². The van der Waals surface area contributed by atoms with Gasteiger partial charge in [-0.2, -0.15) is 5.10 Å². The predicted octanol–water partition coefficient (Wildman–Crippen LogP) is 6.19. The van der Waals surface area contributed by atoms with E-state index in [1.54, 1.807) is 0 Å². The van der Waals surface area contributed by atoms with Crippen LogP contribution in [0, 0.1) is 0 Å². The number of halogens is 1. The zero-order valence-corrected chi connectivity index (χ0v) is 15.2. The molecular formula is C19H23IN2. The largest absolute Gasteiger partial charge is 0.234 e. The first kappa shape index (κ1) is 17.0. The van der Waals surface area contributed by atoms with Crippen molar-refractivity contribution in [3.05, 3.63) is 60.7 Å². The molecule has 0 bridgehead atoms. The Bertz CT molecular complexity index is 513. The molecule has 0 aliphatic carbocycles. The molecule has 0 spiro atoms. The SMILES string of the molecule is CC(I)CCCC/C=N/N(c1ccccc1)c1ccccc1. The van der Waals surface area contributed by atoms with Crippen LogP contribution in [0.25, 0.3) is 0 Å². The first-order chi connectivity index (χ1) is 10.8. The third-order valence-electron chi connectivity index (χ3n) is 3.38. The lowest BCUT2D eigenvalue weighted by atomic mass is 10.2. The van der Waals surface area contributed by atoms with Crippen molar-refractivity contribution in [2.75, 3.05) is 5.01 Å². The van der Waals surface area contributed by atoms with Crippen molar-refractivity contribution in [1.82, 2.24) is 0 Å². The summed E-state index contributed by atoms with van der Waals surface area (Å²) in [5.41, 5.74) is 2.18. The van der Waals surface area contributed by atoms with Crippen LogP contribution in [-0.2, 0) is 0 Å². The van der Waals surface area contributed by atoms with Crippen molar-refractivity contribution in [1.29, 1.82) is 0 Å². The first-order valence-corrected chi connectivity index (χ1v) is 9.08. The van der Waals surface area contributed by atoms with E-state index in [2.05, 4.69) is 58.9 Å². The first-order valence-electron chi connectivity index (χ1n) is 7.84. The van der Waals surface area contributed by atoms with E-state index >= 15 is 0 Å². The summed E-state index contributed by atoms with van der Waals surface area (Å²) in [5.74, 6) is 0. The summed E-state index contributed by atoms with van der Waals surface area (Å²) in [4.78, 5) is 0. The molecule has 0 aliphatic rings. The fourth-order valence-corrected chi connectivity index (χ4v) is 2.66. The number of anilines is 2. The highest BCUT2D eigenvalue weighted by Gasteiger charge is 2.05. The van der Waals surface area contributed by atoms with Crippen molar-refractivity contribution >= 4 is 40.2 Å². The van der Waals surface area contributed by atoms with Gasteiger partial charge < -0.3 is 0 Å². The Morgan fingerprint density at radius 1 is 0.955 bits per heavy atom. The topological polar surface area (TPSA) is 15.6 Å². The van der Waals surface area contributed by atoms with Crippen LogP contribution in [0.2, 0.25) is 0 Å². The average Bonchev–Trinajstić information content (AvgIpc) is 2.55. The smallest absolute Gasteiger partial charge is 0.0652 e. The normalized spacial score (nSPS) is 12.5. The van der Waals surface area contributed by atoms with E-state index < -0.39 is 0 Å². The summed E-state index contributed by atoms with van der Waals surface area (Å²) in [5, 5.41) is 6.69. The van der Waals surface area contributed by atoms with Crippen LogP contribution in [0.4, 0.5) is 11.4 Å². The lowest BCUT2D eigenvalue weighted by Gasteiger charge is -2.19. The lowest BCUT2D eigenvalue weighted by molar-refractivity contribution is 0.706. The van der Waals surface area contributed by atoms with Gasteiger partial charge in [-0.3, -0.25) is 0 Å². The second-order valence-corrected chi connectivity index (χ2v) is 7.47. The van der Waals surface area contributed by atoms with Crippen LogP contribution < -0.4 is 5.01 Å². The highest BCUT2D eigenvalue weighted by atomic mass is 127. The van der Waals surface area contributed by atoms with Gasteiger partial charge in [0.05, 0.1) is 11.4 Å². The summed E-state index contributed by atoms with van der Waals surface area (Å²) in [6.07, 6.45) is 6.83. The van der Waals surface area contributed by atoms with Crippen LogP contribution in [0.1, 0.15) is 32.6 Å². The third-order valence-corrected chi connectivity index (χ3v) is 4.01. The highest BCUT2D eigenvalue weighted by molar-refractivity contribution is 14.1. The number of unbranched alkanes of at least 4 members (excludes halogenated alkanes) is 2. The Labute approximate surface area is 147 Å². The van der Waals surface area contributed by atoms with E-state index in [-0.39, 0.29) is 0 Å². The summed E-state index contributed by atoms with van der Waals surface area (Å²) < 4.78 is 0.764. The van der Waals surface area contributed by atoms with Crippen LogP contribution in [0.5, 0.6) is 0 Å². The van der Waals surface area contributed by atoms with Crippen LogP contribution >= 0.6 is 22.6 Å². The minimum atomic E-state index is 0.764. The van der Waals surface area contributed by atoms with Gasteiger partial charge in [0.2, 0.25) is 0 Å². The number of rotatable bonds is 8. The molecule has 22 heavy (non-hydrogen) atoms. The van der Waals surface area contributed by atoms with Crippen molar-refractivity contribution in [3.63, 3.8) is 0 Å². The number of nitrogens with zero attached hydrogens (tertiary/aromatic N) is 2. The zero-order chi connectivity index (χ0) is 15.6. The molecule has 2 nitrogen and oxygen atoms in total. The van der Waals surface area contributed by atoms with Crippen molar-refractivity contribution in [3.8, 4) is 0 Å². The minimum absolute atomic E-state index is 0.764. The Hall–Kier alpha value is -1.36. The van der Waals surface area contributed by atoms with E-state index in [1.165, 1.54) is 19.3 Å². The molecule has 0 amide bonds. The van der Waals surface area contributed by atoms with Gasteiger partial charge in [-0.25, -0.2) is 5.01 Å². The average molecular weight is 406 g/mol. The van der Waals surface area contributed by atoms with Gasteiger partial charge in [0.1, 0.15) is 0 Å². The number of hydrogen-bond donors (Lipinski definition) is 0. The summed E-state index contributed by atoms with van der Waals surface area (Å²) in [7, 11) is 0. The number of para-hydroxylation sites is 2. The molecule has 0 heterocycles. The molecule has 0 saturated heterocycles. The van der Waals surface area contributed by atoms with Crippen LogP contribution in [-0.4, -0.2) is 10.1 Å². The predicted molar refractivity (Wildman–Crippen MR) is 105 cm³/mol. The molecule has 0 aromatic heterocycles. The quantitative estimate of drug-likeness (QED) is 0.168. The number of hydrazone groups is 1. The Morgan fingerprint density at radius 2 is 1.50 bits per heavy atom. The van der Waals surface area contributed by atoms with Crippen molar-refractivity contribution in [2.24, 2.45) is 5.10 Å². The van der Waals surface area contributed by atoms with Gasteiger partial charge in [0.15, 0.2) is 0 Å². The standard InChI is InChI=1S/C19H23IN2/c1-17(20)11-5-4-10-16-21-22(18-12-6-2-7-13-18)19-14-8-3-9-15-19/h2-3,6-9,12-17H,4-5,10-11H2,1H3/b21-16+. The van der Waals surface area contributed by atoms with Crippen LogP contribution in [0.3, 0.4) is 0 Å². The zero-order valence-electron chi connectivity index (χ0n) is 13.0. The number of benzene rings is 2. The van der Waals surface area contributed by atoms with E-state index in [1.807, 2.05) is 47.6 Å². The summed E-state index contributed by atoms with van der Waals surface area (Å²) in [6.45, 7) is 2.27. The molecule has 1 atom stereocenters. The van der Waals surface area contributed by atoms with Gasteiger partial charge in [-0.05, 0) is 43.5 Å². The van der Waals surface area contributed by atoms with Gasteiger partial charge in [-0.1, -0.05) is 72.3 Å². The van der Waals surface area contributed by atoms with Gasteiger partial charge in [0, 0.05) is 10.1 Å². The summed E-state index contributed by atoms with van der Waals surface area (Å²) in [6, 6.07) is 20.6. The molecule has 0 aliphatic heterocycles. The minimum Gasteiger partial charge on any atom is -0.234 e. The maximum atomic E-state index is 4.69. The monoisotopic (exact) mass is 406 g/mol. The van der Waals surface area contributed by atoms with E-state index in [4.69, 9.17) is 0 Å². The van der Waals surface area contributed by atoms with Gasteiger partial charge >= 0.3 is 0 Å². The number of hydrogen-bond acceptors (Lipinski definition) is 2. The van der Waals surface area contributed by atoms with E-state index in [0.29, 0.717) is 0 Å². The van der Waals surface area contributed by atoms with Gasteiger partial charge in [0.25, 0.3) is 0 Å². The Kier molecular flexibility index (Phi) is 7.43. The molecule has 2 rings (SSSR count). The molecule has 0 radical (unpaired) electrons. The maximum absolute atomic E-state index is 4.69. The van der Waals surface area contributed by atoms with Crippen molar-refractivity contribution in [2.45, 2.75) is 36.5 Å². The maximum Gasteiger partial charge on any atom is 0.0652 e. The number of alkyl halides is 1.